The summed E-state index contributed by atoms with van der Waals surface area (Å²) in [6.07, 6.45) is 3.49. The number of nitrogens with zero attached hydrogens (tertiary/aromatic N) is 4. The van der Waals surface area contributed by atoms with E-state index in [2.05, 4.69) is 20.3 Å². The molecule has 3 heterocycles. The second-order valence-corrected chi connectivity index (χ2v) is 6.26. The van der Waals surface area contributed by atoms with Crippen LogP contribution in [-0.4, -0.2) is 33.6 Å². The van der Waals surface area contributed by atoms with Crippen LogP contribution in [0.3, 0.4) is 0 Å². The van der Waals surface area contributed by atoms with E-state index in [-0.39, 0.29) is 24.3 Å². The Kier molecular flexibility index (Phi) is 4.26. The van der Waals surface area contributed by atoms with Crippen molar-refractivity contribution >= 4 is 23.2 Å². The zero-order chi connectivity index (χ0) is 18.1. The summed E-state index contributed by atoms with van der Waals surface area (Å²) in [5.74, 6) is 0.682. The molecule has 8 heteroatoms. The van der Waals surface area contributed by atoms with Crippen molar-refractivity contribution in [3.63, 3.8) is 0 Å². The second kappa shape index (κ2) is 6.72. The number of nitrogens with one attached hydrogen (secondary N) is 1. The van der Waals surface area contributed by atoms with E-state index in [1.54, 1.807) is 22.8 Å². The normalized spacial score (nSPS) is 17.0. The van der Waals surface area contributed by atoms with Crippen molar-refractivity contribution in [2.45, 2.75) is 18.9 Å². The minimum atomic E-state index is -0.308. The van der Waals surface area contributed by atoms with Gasteiger partial charge in [-0.05, 0) is 42.7 Å². The number of anilines is 2. The van der Waals surface area contributed by atoms with Crippen molar-refractivity contribution in [2.24, 2.45) is 5.73 Å². The van der Waals surface area contributed by atoms with Crippen LogP contribution in [0.4, 0.5) is 16.0 Å². The molecule has 1 amide bonds. The predicted molar refractivity (Wildman–Crippen MR) is 96.4 cm³/mol. The molecule has 1 aliphatic rings. The molecule has 1 atom stereocenters. The lowest BCUT2D eigenvalue weighted by molar-refractivity contribution is -0.114. The average molecular weight is 354 g/mol. The van der Waals surface area contributed by atoms with Crippen LogP contribution in [-0.2, 0) is 4.79 Å². The lowest BCUT2D eigenvalue weighted by Crippen LogP contribution is -2.25. The predicted octanol–water partition coefficient (Wildman–Crippen LogP) is 2.11. The molecule has 1 aromatic carbocycles. The largest absolute Gasteiger partial charge is 0.348 e. The molecular weight excluding hydrogens is 335 g/mol. The standard InChI is InChI=1S/C18H19FN6O/c19-13-4-1-3-12(9-13)14-5-2-8-24(14)16-7-6-15-21-11-17(25(15)23-16)22-18(26)10-20/h1,3-4,6-7,9,11,14H,2,5,8,10,20H2,(H,22,26). The van der Waals surface area contributed by atoms with Gasteiger partial charge < -0.3 is 16.0 Å². The number of amides is 1. The number of halogens is 1. The van der Waals surface area contributed by atoms with Gasteiger partial charge in [0.2, 0.25) is 5.91 Å². The zero-order valence-electron chi connectivity index (χ0n) is 14.1. The Morgan fingerprint density at radius 3 is 3.04 bits per heavy atom. The molecule has 1 fully saturated rings. The van der Waals surface area contributed by atoms with Gasteiger partial charge in [0.05, 0.1) is 18.8 Å². The topological polar surface area (TPSA) is 88.5 Å². The highest BCUT2D eigenvalue weighted by atomic mass is 19.1. The van der Waals surface area contributed by atoms with Gasteiger partial charge >= 0.3 is 0 Å². The zero-order valence-corrected chi connectivity index (χ0v) is 14.1. The Labute approximate surface area is 149 Å². The number of carbonyl (C=O) groups excluding carboxylic acids is 1. The summed E-state index contributed by atoms with van der Waals surface area (Å²) in [5.41, 5.74) is 6.92. The van der Waals surface area contributed by atoms with Crippen LogP contribution in [0.25, 0.3) is 5.65 Å². The van der Waals surface area contributed by atoms with E-state index in [0.29, 0.717) is 11.5 Å². The Morgan fingerprint density at radius 1 is 1.35 bits per heavy atom. The number of carbonyl (C=O) groups is 1. The highest BCUT2D eigenvalue weighted by Gasteiger charge is 2.28. The lowest BCUT2D eigenvalue weighted by atomic mass is 10.0. The smallest absolute Gasteiger partial charge is 0.239 e. The van der Waals surface area contributed by atoms with E-state index in [1.807, 2.05) is 18.2 Å². The highest BCUT2D eigenvalue weighted by Crippen LogP contribution is 2.35. The molecule has 0 saturated carbocycles. The molecule has 3 aromatic rings. The van der Waals surface area contributed by atoms with E-state index < -0.39 is 0 Å². The fourth-order valence-electron chi connectivity index (χ4n) is 3.40. The summed E-state index contributed by atoms with van der Waals surface area (Å²) in [7, 11) is 0. The van der Waals surface area contributed by atoms with E-state index in [1.165, 1.54) is 6.07 Å². The van der Waals surface area contributed by atoms with E-state index in [0.717, 1.165) is 30.8 Å². The molecule has 2 aromatic heterocycles. The molecular formula is C18H19FN6O. The van der Waals surface area contributed by atoms with Crippen LogP contribution in [0.15, 0.2) is 42.6 Å². The van der Waals surface area contributed by atoms with Crippen LogP contribution in [0, 0.1) is 5.82 Å². The highest BCUT2D eigenvalue weighted by molar-refractivity contribution is 5.91. The third kappa shape index (κ3) is 2.99. The minimum Gasteiger partial charge on any atom is -0.348 e. The van der Waals surface area contributed by atoms with Crippen LogP contribution >= 0.6 is 0 Å². The van der Waals surface area contributed by atoms with Crippen molar-refractivity contribution in [3.8, 4) is 0 Å². The van der Waals surface area contributed by atoms with Crippen molar-refractivity contribution in [2.75, 3.05) is 23.3 Å². The van der Waals surface area contributed by atoms with Gasteiger partial charge in [-0.25, -0.2) is 9.37 Å². The Morgan fingerprint density at radius 2 is 2.23 bits per heavy atom. The van der Waals surface area contributed by atoms with Crippen molar-refractivity contribution < 1.29 is 9.18 Å². The average Bonchev–Trinajstić information content (AvgIpc) is 3.28. The number of rotatable bonds is 4. The molecule has 0 aliphatic carbocycles. The maximum absolute atomic E-state index is 13.6. The first-order chi connectivity index (χ1) is 12.7. The number of benzene rings is 1. The molecule has 1 unspecified atom stereocenters. The third-order valence-electron chi connectivity index (χ3n) is 4.58. The van der Waals surface area contributed by atoms with Gasteiger partial charge in [0.15, 0.2) is 11.5 Å². The number of aromatic nitrogens is 3. The molecule has 4 rings (SSSR count). The molecule has 7 nitrogen and oxygen atoms in total. The van der Waals surface area contributed by atoms with E-state index in [9.17, 15) is 9.18 Å². The molecule has 1 saturated heterocycles. The van der Waals surface area contributed by atoms with Crippen molar-refractivity contribution in [1.82, 2.24) is 14.6 Å². The first-order valence-electron chi connectivity index (χ1n) is 8.52. The maximum atomic E-state index is 13.6. The quantitative estimate of drug-likeness (QED) is 0.749. The molecule has 0 bridgehead atoms. The number of imidazole rings is 1. The number of fused-ring (bicyclic) bond motifs is 1. The van der Waals surface area contributed by atoms with Gasteiger partial charge in [0.25, 0.3) is 0 Å². The van der Waals surface area contributed by atoms with Gasteiger partial charge in [0.1, 0.15) is 11.6 Å². The first kappa shape index (κ1) is 16.5. The molecule has 0 spiro atoms. The third-order valence-corrected chi connectivity index (χ3v) is 4.58. The lowest BCUT2D eigenvalue weighted by Gasteiger charge is -2.26. The van der Waals surface area contributed by atoms with Crippen molar-refractivity contribution in [3.05, 3.63) is 54.0 Å². The molecule has 1 aliphatic heterocycles. The van der Waals surface area contributed by atoms with Gasteiger partial charge in [-0.1, -0.05) is 12.1 Å². The SMILES string of the molecule is NCC(=O)Nc1cnc2ccc(N3CCCC3c3cccc(F)c3)nn12. The Hall–Kier alpha value is -3.00. The van der Waals surface area contributed by atoms with Gasteiger partial charge in [-0.15, -0.1) is 5.10 Å². The molecule has 134 valence electrons. The minimum absolute atomic E-state index is 0.0706. The molecule has 26 heavy (non-hydrogen) atoms. The summed E-state index contributed by atoms with van der Waals surface area (Å²) >= 11 is 0. The Bertz CT molecular complexity index is 956. The van der Waals surface area contributed by atoms with Crippen LogP contribution in [0.2, 0.25) is 0 Å². The van der Waals surface area contributed by atoms with Crippen LogP contribution in [0.1, 0.15) is 24.4 Å². The number of nitrogens with two attached hydrogens (primary N) is 1. The maximum Gasteiger partial charge on any atom is 0.239 e. The Balaban J connectivity index is 1.69. The summed E-state index contributed by atoms with van der Waals surface area (Å²) < 4.78 is 15.2. The van der Waals surface area contributed by atoms with Gasteiger partial charge in [0, 0.05) is 6.54 Å². The molecule has 3 N–H and O–H groups in total. The fourth-order valence-corrected chi connectivity index (χ4v) is 3.40. The van der Waals surface area contributed by atoms with Gasteiger partial charge in [-0.3, -0.25) is 4.79 Å². The second-order valence-electron chi connectivity index (χ2n) is 6.26. The van der Waals surface area contributed by atoms with E-state index >= 15 is 0 Å². The monoisotopic (exact) mass is 354 g/mol. The summed E-state index contributed by atoms with van der Waals surface area (Å²) in [6.45, 7) is 0.722. The van der Waals surface area contributed by atoms with Crippen LogP contribution in [0.5, 0.6) is 0 Å². The molecule has 0 radical (unpaired) electrons. The number of hydrogen-bond acceptors (Lipinski definition) is 5. The fraction of sp³-hybridized carbons (Fsp3) is 0.278. The van der Waals surface area contributed by atoms with E-state index in [4.69, 9.17) is 5.73 Å². The van der Waals surface area contributed by atoms with Crippen molar-refractivity contribution in [1.29, 1.82) is 0 Å². The van der Waals surface area contributed by atoms with Gasteiger partial charge in [-0.2, -0.15) is 4.52 Å². The first-order valence-corrected chi connectivity index (χ1v) is 8.52. The summed E-state index contributed by atoms with van der Waals surface area (Å²) in [6, 6.07) is 10.5. The summed E-state index contributed by atoms with van der Waals surface area (Å²) in [5, 5.41) is 7.32. The van der Waals surface area contributed by atoms with Crippen LogP contribution < -0.4 is 16.0 Å². The summed E-state index contributed by atoms with van der Waals surface area (Å²) in [4.78, 5) is 18.0. The number of hydrogen-bond donors (Lipinski definition) is 2.